The van der Waals surface area contributed by atoms with Gasteiger partial charge < -0.3 is 14.5 Å². The zero-order chi connectivity index (χ0) is 19.2. The number of carbonyl (C=O) groups excluding carboxylic acids is 1. The molecule has 27 heavy (non-hydrogen) atoms. The number of ether oxygens (including phenoxy) is 1. The van der Waals surface area contributed by atoms with Gasteiger partial charge in [0.2, 0.25) is 0 Å². The van der Waals surface area contributed by atoms with Gasteiger partial charge in [0.15, 0.2) is 0 Å². The summed E-state index contributed by atoms with van der Waals surface area (Å²) in [6.07, 6.45) is 5.26. The summed E-state index contributed by atoms with van der Waals surface area (Å²) in [5, 5.41) is 3.56. The van der Waals surface area contributed by atoms with Crippen LogP contribution in [0.3, 0.4) is 0 Å². The molecule has 146 valence electrons. The van der Waals surface area contributed by atoms with Crippen LogP contribution in [0, 0.1) is 0 Å². The van der Waals surface area contributed by atoms with E-state index in [0.717, 1.165) is 18.8 Å². The van der Waals surface area contributed by atoms with Gasteiger partial charge in [0, 0.05) is 11.6 Å². The van der Waals surface area contributed by atoms with Crippen LogP contribution >= 0.6 is 11.6 Å². The molecule has 1 saturated heterocycles. The molecule has 0 aliphatic carbocycles. The first-order chi connectivity index (χ1) is 13.0. The minimum atomic E-state index is -0.193. The van der Waals surface area contributed by atoms with Crippen molar-refractivity contribution in [3.63, 3.8) is 0 Å². The number of nitrogens with one attached hydrogen (secondary N) is 1. The fourth-order valence-corrected chi connectivity index (χ4v) is 3.61. The molecule has 1 unspecified atom stereocenters. The fraction of sp³-hybridized carbons (Fsp3) is 0.476. The highest BCUT2D eigenvalue weighted by molar-refractivity contribution is 6.31. The summed E-state index contributed by atoms with van der Waals surface area (Å²) in [5.74, 6) is 1.23. The van der Waals surface area contributed by atoms with Crippen molar-refractivity contribution in [3.05, 3.63) is 52.9 Å². The van der Waals surface area contributed by atoms with Crippen molar-refractivity contribution in [1.82, 2.24) is 10.2 Å². The molecule has 0 saturated carbocycles. The van der Waals surface area contributed by atoms with E-state index < -0.39 is 0 Å². The third kappa shape index (κ3) is 5.27. The van der Waals surface area contributed by atoms with Crippen molar-refractivity contribution >= 4 is 17.5 Å². The second-order valence-electron chi connectivity index (χ2n) is 7.14. The number of halogens is 1. The van der Waals surface area contributed by atoms with Crippen LogP contribution in [0.15, 0.2) is 41.0 Å². The van der Waals surface area contributed by atoms with Gasteiger partial charge in [0.1, 0.15) is 11.5 Å². The number of nitrogens with zero attached hydrogens (tertiary/aromatic N) is 1. The third-order valence-corrected chi connectivity index (χ3v) is 4.94. The fourth-order valence-electron chi connectivity index (χ4n) is 3.44. The highest BCUT2D eigenvalue weighted by Gasteiger charge is 2.25. The molecule has 0 radical (unpaired) electrons. The van der Waals surface area contributed by atoms with E-state index in [1.165, 1.54) is 19.3 Å². The molecule has 6 heteroatoms. The van der Waals surface area contributed by atoms with Crippen LogP contribution in [0.4, 0.5) is 0 Å². The second-order valence-corrected chi connectivity index (χ2v) is 7.58. The van der Waals surface area contributed by atoms with Gasteiger partial charge in [-0.2, -0.15) is 0 Å². The summed E-state index contributed by atoms with van der Waals surface area (Å²) in [7, 11) is 0. The molecule has 1 aliphatic heterocycles. The van der Waals surface area contributed by atoms with Crippen LogP contribution in [-0.4, -0.2) is 36.5 Å². The Hall–Kier alpha value is -1.98. The Labute approximate surface area is 165 Å². The van der Waals surface area contributed by atoms with Gasteiger partial charge in [0.25, 0.3) is 5.91 Å². The lowest BCUT2D eigenvalue weighted by Gasteiger charge is -2.33. The van der Waals surface area contributed by atoms with Crippen molar-refractivity contribution in [2.75, 3.05) is 19.6 Å². The maximum absolute atomic E-state index is 12.9. The summed E-state index contributed by atoms with van der Waals surface area (Å²) in [6, 6.07) is 9.01. The molecule has 1 aromatic heterocycles. The number of likely N-dealkylation sites (tertiary alicyclic amines) is 1. The van der Waals surface area contributed by atoms with Crippen LogP contribution in [0.5, 0.6) is 5.75 Å². The molecule has 3 rings (SSSR count). The molecule has 2 aromatic rings. The quantitative estimate of drug-likeness (QED) is 0.745. The molecule has 0 spiro atoms. The summed E-state index contributed by atoms with van der Waals surface area (Å²) in [6.45, 7) is 6.36. The lowest BCUT2D eigenvalue weighted by molar-refractivity contribution is 0.0908. The number of hydrogen-bond acceptors (Lipinski definition) is 4. The van der Waals surface area contributed by atoms with E-state index in [4.69, 9.17) is 20.8 Å². The van der Waals surface area contributed by atoms with Gasteiger partial charge in [-0.05, 0) is 70.1 Å². The van der Waals surface area contributed by atoms with Crippen LogP contribution in [-0.2, 0) is 0 Å². The van der Waals surface area contributed by atoms with E-state index in [1.807, 2.05) is 26.0 Å². The van der Waals surface area contributed by atoms with E-state index in [0.29, 0.717) is 22.9 Å². The highest BCUT2D eigenvalue weighted by Crippen LogP contribution is 2.26. The molecule has 1 N–H and O–H groups in total. The maximum Gasteiger partial charge on any atom is 0.255 e. The van der Waals surface area contributed by atoms with E-state index >= 15 is 0 Å². The molecule has 0 bridgehead atoms. The Balaban J connectivity index is 1.73. The van der Waals surface area contributed by atoms with E-state index in [1.54, 1.807) is 24.5 Å². The standard InChI is InChI=1S/C21H27ClN2O3/c1-15(2)27-19-9-8-16(22)13-17(19)21(25)23-14-18(20-7-6-12-26-20)24-10-4-3-5-11-24/h6-9,12-13,15,18H,3-5,10-11,14H2,1-2H3,(H,23,25). The molecule has 2 heterocycles. The lowest BCUT2D eigenvalue weighted by Crippen LogP contribution is -2.40. The lowest BCUT2D eigenvalue weighted by atomic mass is 10.1. The van der Waals surface area contributed by atoms with Gasteiger partial charge in [-0.3, -0.25) is 9.69 Å². The van der Waals surface area contributed by atoms with Crippen molar-refractivity contribution in [3.8, 4) is 5.75 Å². The zero-order valence-electron chi connectivity index (χ0n) is 15.9. The maximum atomic E-state index is 12.9. The summed E-state index contributed by atoms with van der Waals surface area (Å²) >= 11 is 6.10. The van der Waals surface area contributed by atoms with Gasteiger partial charge in [-0.15, -0.1) is 0 Å². The Morgan fingerprint density at radius 2 is 2.04 bits per heavy atom. The minimum absolute atomic E-state index is 0.0258. The largest absolute Gasteiger partial charge is 0.490 e. The Morgan fingerprint density at radius 1 is 1.26 bits per heavy atom. The van der Waals surface area contributed by atoms with Crippen LogP contribution in [0.25, 0.3) is 0 Å². The SMILES string of the molecule is CC(C)Oc1ccc(Cl)cc1C(=O)NCC(c1ccco1)N1CCCCC1. The Kier molecular flexibility index (Phi) is 6.80. The predicted octanol–water partition coefficient (Wildman–Crippen LogP) is 4.68. The van der Waals surface area contributed by atoms with Crippen molar-refractivity contribution in [1.29, 1.82) is 0 Å². The number of rotatable bonds is 7. The number of amides is 1. The molecule has 1 atom stereocenters. The van der Waals surface area contributed by atoms with Gasteiger partial charge >= 0.3 is 0 Å². The number of furan rings is 1. The summed E-state index contributed by atoms with van der Waals surface area (Å²) < 4.78 is 11.4. The molecule has 1 aromatic carbocycles. The Morgan fingerprint density at radius 3 is 2.70 bits per heavy atom. The summed E-state index contributed by atoms with van der Waals surface area (Å²) in [4.78, 5) is 15.2. The van der Waals surface area contributed by atoms with E-state index in [2.05, 4.69) is 10.2 Å². The molecule has 1 fully saturated rings. The molecule has 1 aliphatic rings. The van der Waals surface area contributed by atoms with Crippen LogP contribution in [0.1, 0.15) is 55.3 Å². The van der Waals surface area contributed by atoms with Crippen molar-refractivity contribution in [2.24, 2.45) is 0 Å². The molecular formula is C21H27ClN2O3. The summed E-state index contributed by atoms with van der Waals surface area (Å²) in [5.41, 5.74) is 0.452. The van der Waals surface area contributed by atoms with E-state index in [9.17, 15) is 4.79 Å². The molecule has 5 nitrogen and oxygen atoms in total. The monoisotopic (exact) mass is 390 g/mol. The predicted molar refractivity (Wildman–Crippen MR) is 106 cm³/mol. The minimum Gasteiger partial charge on any atom is -0.490 e. The number of piperidine rings is 1. The second kappa shape index (κ2) is 9.29. The average Bonchev–Trinajstić information content (AvgIpc) is 3.18. The zero-order valence-corrected chi connectivity index (χ0v) is 16.7. The van der Waals surface area contributed by atoms with Gasteiger partial charge in [-0.1, -0.05) is 18.0 Å². The smallest absolute Gasteiger partial charge is 0.255 e. The first kappa shape index (κ1) is 19.8. The van der Waals surface area contributed by atoms with Crippen LogP contribution in [0.2, 0.25) is 5.02 Å². The third-order valence-electron chi connectivity index (χ3n) is 4.71. The average molecular weight is 391 g/mol. The van der Waals surface area contributed by atoms with Crippen molar-refractivity contribution in [2.45, 2.75) is 45.3 Å². The van der Waals surface area contributed by atoms with Gasteiger partial charge in [0.05, 0.1) is 24.0 Å². The van der Waals surface area contributed by atoms with Crippen molar-refractivity contribution < 1.29 is 13.9 Å². The van der Waals surface area contributed by atoms with Gasteiger partial charge in [-0.25, -0.2) is 0 Å². The first-order valence-electron chi connectivity index (χ1n) is 9.56. The first-order valence-corrected chi connectivity index (χ1v) is 9.94. The number of hydrogen-bond donors (Lipinski definition) is 1. The Bertz CT molecular complexity index is 740. The van der Waals surface area contributed by atoms with Crippen LogP contribution < -0.4 is 10.1 Å². The van der Waals surface area contributed by atoms with E-state index in [-0.39, 0.29) is 18.1 Å². The molecular weight excluding hydrogens is 364 g/mol. The highest BCUT2D eigenvalue weighted by atomic mass is 35.5. The normalized spacial score (nSPS) is 16.3. The molecule has 1 amide bonds. The number of carbonyl (C=O) groups is 1. The number of benzene rings is 1. The topological polar surface area (TPSA) is 54.7 Å².